The molecular weight excluding hydrogens is 400 g/mol. The Morgan fingerprint density at radius 2 is 2.03 bits per heavy atom. The molecule has 1 aliphatic rings. The Morgan fingerprint density at radius 3 is 2.77 bits per heavy atom. The predicted molar refractivity (Wildman–Crippen MR) is 121 cm³/mol. The van der Waals surface area contributed by atoms with Crippen molar-refractivity contribution >= 4 is 17.3 Å². The minimum atomic E-state index is -0.579. The molecule has 2 aromatic carbocycles. The van der Waals surface area contributed by atoms with Gasteiger partial charge in [0.25, 0.3) is 0 Å². The molecule has 0 aromatic heterocycles. The lowest BCUT2D eigenvalue weighted by Crippen LogP contribution is -2.39. The third-order valence-electron chi connectivity index (χ3n) is 5.04. The van der Waals surface area contributed by atoms with E-state index >= 15 is 0 Å². The van der Waals surface area contributed by atoms with E-state index in [0.29, 0.717) is 31.3 Å². The molecular formula is C24H31ClN2O3. The highest BCUT2D eigenvalue weighted by Crippen LogP contribution is 2.21. The van der Waals surface area contributed by atoms with Crippen molar-refractivity contribution in [1.82, 2.24) is 4.90 Å². The summed E-state index contributed by atoms with van der Waals surface area (Å²) in [5.41, 5.74) is 4.39. The van der Waals surface area contributed by atoms with Crippen LogP contribution in [0.15, 0.2) is 53.7 Å². The van der Waals surface area contributed by atoms with E-state index in [1.165, 1.54) is 5.56 Å². The van der Waals surface area contributed by atoms with Crippen LogP contribution in [0.25, 0.3) is 0 Å². The minimum absolute atomic E-state index is 0.0583. The molecule has 162 valence electrons. The molecule has 2 unspecified atom stereocenters. The fraction of sp³-hybridized carbons (Fsp3) is 0.458. The smallest absolute Gasteiger partial charge is 0.145 e. The number of benzene rings is 2. The summed E-state index contributed by atoms with van der Waals surface area (Å²) in [6, 6.07) is 16.0. The van der Waals surface area contributed by atoms with Crippen LogP contribution in [0.5, 0.6) is 0 Å². The number of hydrogen-bond acceptors (Lipinski definition) is 5. The first-order valence-electron chi connectivity index (χ1n) is 10.5. The SMILES string of the molecule is Cc1ccccc1C1=NOC(CN(Cc2cccc(Cl)c2)CC(O)COC(C)C)C1. The third kappa shape index (κ3) is 6.81. The van der Waals surface area contributed by atoms with E-state index in [1.54, 1.807) is 0 Å². The van der Waals surface area contributed by atoms with Gasteiger partial charge in [-0.3, -0.25) is 4.90 Å². The van der Waals surface area contributed by atoms with Crippen LogP contribution in [0.4, 0.5) is 0 Å². The Balaban J connectivity index is 1.64. The quantitative estimate of drug-likeness (QED) is 0.605. The minimum Gasteiger partial charge on any atom is -0.390 e. The van der Waals surface area contributed by atoms with Crippen LogP contribution in [0.1, 0.15) is 37.0 Å². The number of oxime groups is 1. The van der Waals surface area contributed by atoms with Crippen LogP contribution in [0.3, 0.4) is 0 Å². The molecule has 2 atom stereocenters. The first-order valence-corrected chi connectivity index (χ1v) is 10.8. The van der Waals surface area contributed by atoms with Crippen molar-refractivity contribution in [3.8, 4) is 0 Å². The lowest BCUT2D eigenvalue weighted by Gasteiger charge is -2.27. The summed E-state index contributed by atoms with van der Waals surface area (Å²) in [6.07, 6.45) is 0.196. The monoisotopic (exact) mass is 430 g/mol. The van der Waals surface area contributed by atoms with Gasteiger partial charge >= 0.3 is 0 Å². The molecule has 6 heteroatoms. The largest absolute Gasteiger partial charge is 0.390 e. The van der Waals surface area contributed by atoms with Gasteiger partial charge in [-0.05, 0) is 44.0 Å². The summed E-state index contributed by atoms with van der Waals surface area (Å²) in [7, 11) is 0. The Bertz CT molecular complexity index is 856. The van der Waals surface area contributed by atoms with Crippen LogP contribution in [-0.4, -0.2) is 53.7 Å². The summed E-state index contributed by atoms with van der Waals surface area (Å²) < 4.78 is 5.58. The first kappa shape index (κ1) is 22.8. The van der Waals surface area contributed by atoms with Gasteiger partial charge < -0.3 is 14.7 Å². The fourth-order valence-electron chi connectivity index (χ4n) is 3.62. The highest BCUT2D eigenvalue weighted by atomic mass is 35.5. The molecule has 0 spiro atoms. The average Bonchev–Trinajstić information content (AvgIpc) is 3.15. The Labute approximate surface area is 184 Å². The van der Waals surface area contributed by atoms with Crippen molar-refractivity contribution in [2.45, 2.75) is 52.0 Å². The van der Waals surface area contributed by atoms with E-state index < -0.39 is 6.10 Å². The van der Waals surface area contributed by atoms with Crippen molar-refractivity contribution in [3.05, 3.63) is 70.2 Å². The van der Waals surface area contributed by atoms with Crippen LogP contribution in [0.2, 0.25) is 5.02 Å². The van der Waals surface area contributed by atoms with Crippen LogP contribution >= 0.6 is 11.6 Å². The van der Waals surface area contributed by atoms with Crippen molar-refractivity contribution in [1.29, 1.82) is 0 Å². The fourth-order valence-corrected chi connectivity index (χ4v) is 3.83. The lowest BCUT2D eigenvalue weighted by atomic mass is 10.00. The molecule has 0 amide bonds. The van der Waals surface area contributed by atoms with Crippen molar-refractivity contribution < 1.29 is 14.7 Å². The van der Waals surface area contributed by atoms with E-state index in [0.717, 1.165) is 23.3 Å². The van der Waals surface area contributed by atoms with E-state index in [-0.39, 0.29) is 12.2 Å². The third-order valence-corrected chi connectivity index (χ3v) is 5.27. The molecule has 1 aliphatic heterocycles. The second-order valence-electron chi connectivity index (χ2n) is 8.14. The summed E-state index contributed by atoms with van der Waals surface area (Å²) in [5, 5.41) is 15.5. The molecule has 3 rings (SSSR count). The lowest BCUT2D eigenvalue weighted by molar-refractivity contribution is -0.0194. The first-order chi connectivity index (χ1) is 14.4. The van der Waals surface area contributed by atoms with Gasteiger partial charge in [0.15, 0.2) is 0 Å². The predicted octanol–water partition coefficient (Wildman–Crippen LogP) is 4.43. The second kappa shape index (κ2) is 10.9. The molecule has 0 fully saturated rings. The van der Waals surface area contributed by atoms with Crippen molar-refractivity contribution in [2.24, 2.45) is 5.16 Å². The zero-order chi connectivity index (χ0) is 21.5. The van der Waals surface area contributed by atoms with E-state index in [9.17, 15) is 5.11 Å². The summed E-state index contributed by atoms with van der Waals surface area (Å²) in [4.78, 5) is 7.94. The molecule has 0 radical (unpaired) electrons. The zero-order valence-corrected chi connectivity index (χ0v) is 18.7. The summed E-state index contributed by atoms with van der Waals surface area (Å²) in [5.74, 6) is 0. The molecule has 0 aliphatic carbocycles. The normalized spacial score (nSPS) is 17.3. The van der Waals surface area contributed by atoms with Gasteiger partial charge in [0, 0.05) is 36.6 Å². The van der Waals surface area contributed by atoms with Gasteiger partial charge in [-0.2, -0.15) is 0 Å². The molecule has 1 heterocycles. The average molecular weight is 431 g/mol. The molecule has 5 nitrogen and oxygen atoms in total. The molecule has 2 aromatic rings. The van der Waals surface area contributed by atoms with Crippen molar-refractivity contribution in [2.75, 3.05) is 19.7 Å². The molecule has 0 bridgehead atoms. The maximum Gasteiger partial charge on any atom is 0.145 e. The number of aliphatic hydroxyl groups is 1. The topological polar surface area (TPSA) is 54.3 Å². The zero-order valence-electron chi connectivity index (χ0n) is 17.9. The van der Waals surface area contributed by atoms with Crippen LogP contribution in [-0.2, 0) is 16.1 Å². The standard InChI is InChI=1S/C24H31ClN2O3/c1-17(2)29-16-21(28)14-27(13-19-8-6-9-20(25)11-19)15-22-12-24(26-30-22)23-10-5-4-7-18(23)3/h4-11,17,21-22,28H,12-16H2,1-3H3. The molecule has 1 N–H and O–H groups in total. The highest BCUT2D eigenvalue weighted by Gasteiger charge is 2.26. The van der Waals surface area contributed by atoms with E-state index in [1.807, 2.05) is 50.2 Å². The Morgan fingerprint density at radius 1 is 1.23 bits per heavy atom. The molecule has 30 heavy (non-hydrogen) atoms. The summed E-state index contributed by atoms with van der Waals surface area (Å²) in [6.45, 7) is 8.13. The Hall–Kier alpha value is -1.92. The van der Waals surface area contributed by atoms with Crippen LogP contribution < -0.4 is 0 Å². The van der Waals surface area contributed by atoms with Crippen molar-refractivity contribution in [3.63, 3.8) is 0 Å². The maximum atomic E-state index is 10.5. The van der Waals surface area contributed by atoms with Gasteiger partial charge in [0.1, 0.15) is 6.10 Å². The summed E-state index contributed by atoms with van der Waals surface area (Å²) >= 11 is 6.16. The van der Waals surface area contributed by atoms with Crippen LogP contribution in [0, 0.1) is 6.92 Å². The Kier molecular flexibility index (Phi) is 8.28. The maximum absolute atomic E-state index is 10.5. The molecule has 0 saturated heterocycles. The number of nitrogens with zero attached hydrogens (tertiary/aromatic N) is 2. The number of hydrogen-bond donors (Lipinski definition) is 1. The molecule has 0 saturated carbocycles. The van der Waals surface area contributed by atoms with Gasteiger partial charge in [-0.25, -0.2) is 0 Å². The van der Waals surface area contributed by atoms with Gasteiger partial charge in [0.2, 0.25) is 0 Å². The van der Waals surface area contributed by atoms with E-state index in [2.05, 4.69) is 29.1 Å². The van der Waals surface area contributed by atoms with Gasteiger partial charge in [0.05, 0.1) is 24.5 Å². The second-order valence-corrected chi connectivity index (χ2v) is 8.58. The number of aryl methyl sites for hydroxylation is 1. The number of rotatable bonds is 10. The van der Waals surface area contributed by atoms with Gasteiger partial charge in [-0.1, -0.05) is 53.2 Å². The number of ether oxygens (including phenoxy) is 1. The number of aliphatic hydroxyl groups excluding tert-OH is 1. The van der Waals surface area contributed by atoms with Gasteiger partial charge in [-0.15, -0.1) is 0 Å². The highest BCUT2D eigenvalue weighted by molar-refractivity contribution is 6.30. The number of halogens is 1. The van der Waals surface area contributed by atoms with E-state index in [4.69, 9.17) is 21.2 Å².